The van der Waals surface area contributed by atoms with Crippen LogP contribution in [0.25, 0.3) is 0 Å². The molecule has 0 aliphatic rings. The molecule has 1 heterocycles. The molecule has 2 N–H and O–H groups in total. The van der Waals surface area contributed by atoms with E-state index < -0.39 is 0 Å². The summed E-state index contributed by atoms with van der Waals surface area (Å²) >= 11 is 4.91. The molecule has 5 heteroatoms. The second-order valence-electron chi connectivity index (χ2n) is 2.77. The highest BCUT2D eigenvalue weighted by molar-refractivity contribution is 7.80. The minimum absolute atomic E-state index is 0.292. The van der Waals surface area contributed by atoms with Crippen LogP contribution in [0.1, 0.15) is 19.5 Å². The Morgan fingerprint density at radius 3 is 2.43 bits per heavy atom. The Morgan fingerprint density at radius 1 is 1.36 bits per heavy atom. The van der Waals surface area contributed by atoms with Crippen LogP contribution in [0, 0.1) is 0 Å². The predicted octanol–water partition coefficient (Wildman–Crippen LogP) is 0.957. The summed E-state index contributed by atoms with van der Waals surface area (Å²) in [7, 11) is 0. The zero-order chi connectivity index (χ0) is 10.6. The fourth-order valence-corrected chi connectivity index (χ4v) is 1.40. The number of nitrogens with zero attached hydrogens (tertiary/aromatic N) is 3. The van der Waals surface area contributed by atoms with E-state index in [0.717, 1.165) is 18.9 Å². The Balaban J connectivity index is 3.11. The normalized spacial score (nSPS) is 9.86. The highest BCUT2D eigenvalue weighted by Crippen LogP contribution is 2.13. The number of nitrogens with two attached hydrogens (primary N) is 1. The third-order valence-corrected chi connectivity index (χ3v) is 2.17. The van der Waals surface area contributed by atoms with Gasteiger partial charge in [0.1, 0.15) is 10.7 Å². The van der Waals surface area contributed by atoms with Crippen LogP contribution in [0.4, 0.5) is 5.82 Å². The van der Waals surface area contributed by atoms with Crippen molar-refractivity contribution < 1.29 is 0 Å². The molecule has 0 unspecified atom stereocenters. The number of hydrogen-bond donors (Lipinski definition) is 1. The summed E-state index contributed by atoms with van der Waals surface area (Å²) in [5, 5.41) is 0. The van der Waals surface area contributed by atoms with Gasteiger partial charge < -0.3 is 10.6 Å². The number of hydrogen-bond acceptors (Lipinski definition) is 4. The summed E-state index contributed by atoms with van der Waals surface area (Å²) in [5.74, 6) is 0.769. The highest BCUT2D eigenvalue weighted by atomic mass is 32.1. The fraction of sp³-hybridized carbons (Fsp3) is 0.444. The van der Waals surface area contributed by atoms with E-state index in [9.17, 15) is 0 Å². The molecule has 76 valence electrons. The van der Waals surface area contributed by atoms with Gasteiger partial charge in [0.15, 0.2) is 5.82 Å². The van der Waals surface area contributed by atoms with Gasteiger partial charge in [-0.2, -0.15) is 0 Å². The van der Waals surface area contributed by atoms with Crippen molar-refractivity contribution in [2.24, 2.45) is 5.73 Å². The molecule has 4 nitrogen and oxygen atoms in total. The number of aromatic nitrogens is 2. The van der Waals surface area contributed by atoms with Crippen LogP contribution in [0.3, 0.4) is 0 Å². The number of anilines is 1. The maximum absolute atomic E-state index is 5.56. The van der Waals surface area contributed by atoms with Crippen molar-refractivity contribution in [3.05, 3.63) is 18.1 Å². The van der Waals surface area contributed by atoms with E-state index in [1.165, 1.54) is 0 Å². The van der Waals surface area contributed by atoms with Gasteiger partial charge in [0.2, 0.25) is 0 Å². The molecule has 1 aromatic heterocycles. The van der Waals surface area contributed by atoms with E-state index in [0.29, 0.717) is 10.7 Å². The lowest BCUT2D eigenvalue weighted by Gasteiger charge is -2.21. The molecule has 0 aliphatic heterocycles. The molecular formula is C9H14N4S. The first kappa shape index (κ1) is 10.8. The van der Waals surface area contributed by atoms with Crippen LogP contribution in [0.15, 0.2) is 12.4 Å². The summed E-state index contributed by atoms with van der Waals surface area (Å²) < 4.78 is 0. The monoisotopic (exact) mass is 210 g/mol. The van der Waals surface area contributed by atoms with Crippen LogP contribution in [0.2, 0.25) is 0 Å². The smallest absolute Gasteiger partial charge is 0.157 e. The molecule has 0 bridgehead atoms. The second kappa shape index (κ2) is 4.85. The maximum atomic E-state index is 5.56. The first-order valence-corrected chi connectivity index (χ1v) is 4.97. The van der Waals surface area contributed by atoms with Gasteiger partial charge in [-0.05, 0) is 13.8 Å². The minimum atomic E-state index is 0.292. The zero-order valence-corrected chi connectivity index (χ0v) is 9.21. The predicted molar refractivity (Wildman–Crippen MR) is 61.5 cm³/mol. The molecule has 0 aliphatic carbocycles. The SMILES string of the molecule is CCN(CC)c1nccnc1C(N)=S. The standard InChI is InChI=1S/C9H14N4S/c1-3-13(4-2)9-7(8(10)14)11-5-6-12-9/h5-6H,3-4H2,1-2H3,(H2,10,14). The molecule has 1 rings (SSSR count). The van der Waals surface area contributed by atoms with Gasteiger partial charge in [-0.3, -0.25) is 0 Å². The number of rotatable bonds is 4. The largest absolute Gasteiger partial charge is 0.388 e. The Labute approximate surface area is 89.2 Å². The van der Waals surface area contributed by atoms with Gasteiger partial charge >= 0.3 is 0 Å². The van der Waals surface area contributed by atoms with Crippen molar-refractivity contribution in [1.29, 1.82) is 0 Å². The van der Waals surface area contributed by atoms with Crippen LogP contribution in [0.5, 0.6) is 0 Å². The first-order chi connectivity index (χ1) is 6.70. The summed E-state index contributed by atoms with van der Waals surface area (Å²) in [6, 6.07) is 0. The Morgan fingerprint density at radius 2 is 1.93 bits per heavy atom. The van der Waals surface area contributed by atoms with Gasteiger partial charge in [0.05, 0.1) is 0 Å². The van der Waals surface area contributed by atoms with Gasteiger partial charge in [-0.1, -0.05) is 12.2 Å². The molecule has 0 atom stereocenters. The third-order valence-electron chi connectivity index (χ3n) is 1.98. The van der Waals surface area contributed by atoms with Crippen molar-refractivity contribution in [1.82, 2.24) is 9.97 Å². The van der Waals surface area contributed by atoms with Crippen molar-refractivity contribution in [3.63, 3.8) is 0 Å². The fourth-order valence-electron chi connectivity index (χ4n) is 1.26. The van der Waals surface area contributed by atoms with Gasteiger partial charge in [0.25, 0.3) is 0 Å². The summed E-state index contributed by atoms with van der Waals surface area (Å²) in [4.78, 5) is 10.7. The minimum Gasteiger partial charge on any atom is -0.388 e. The zero-order valence-electron chi connectivity index (χ0n) is 8.40. The van der Waals surface area contributed by atoms with Crippen molar-refractivity contribution in [2.45, 2.75) is 13.8 Å². The van der Waals surface area contributed by atoms with Gasteiger partial charge in [-0.15, -0.1) is 0 Å². The van der Waals surface area contributed by atoms with Gasteiger partial charge in [-0.25, -0.2) is 9.97 Å². The van der Waals surface area contributed by atoms with E-state index >= 15 is 0 Å². The van der Waals surface area contributed by atoms with Crippen LogP contribution in [-0.4, -0.2) is 28.0 Å². The average molecular weight is 210 g/mol. The lowest BCUT2D eigenvalue weighted by atomic mass is 10.3. The van der Waals surface area contributed by atoms with Gasteiger partial charge in [0, 0.05) is 25.5 Å². The molecule has 0 spiro atoms. The summed E-state index contributed by atoms with van der Waals surface area (Å²) in [6.45, 7) is 5.85. The Hall–Kier alpha value is -1.23. The quantitative estimate of drug-likeness (QED) is 0.750. The molecule has 0 aromatic carbocycles. The van der Waals surface area contributed by atoms with Crippen molar-refractivity contribution in [3.8, 4) is 0 Å². The van der Waals surface area contributed by atoms with Crippen molar-refractivity contribution >= 4 is 23.0 Å². The lowest BCUT2D eigenvalue weighted by molar-refractivity contribution is 0.838. The Kier molecular flexibility index (Phi) is 3.76. The van der Waals surface area contributed by atoms with E-state index in [2.05, 4.69) is 28.7 Å². The van der Waals surface area contributed by atoms with Crippen LogP contribution >= 0.6 is 12.2 Å². The summed E-state index contributed by atoms with van der Waals surface area (Å²) in [6.07, 6.45) is 3.25. The van der Waals surface area contributed by atoms with Crippen molar-refractivity contribution in [2.75, 3.05) is 18.0 Å². The molecule has 0 saturated carbocycles. The molecule has 0 amide bonds. The number of thiocarbonyl (C=S) groups is 1. The van der Waals surface area contributed by atoms with E-state index in [-0.39, 0.29) is 0 Å². The van der Waals surface area contributed by atoms with E-state index in [1.807, 2.05) is 0 Å². The Bertz CT molecular complexity index is 322. The first-order valence-electron chi connectivity index (χ1n) is 4.56. The molecule has 0 radical (unpaired) electrons. The highest BCUT2D eigenvalue weighted by Gasteiger charge is 2.12. The van der Waals surface area contributed by atoms with Crippen LogP contribution in [-0.2, 0) is 0 Å². The van der Waals surface area contributed by atoms with Crippen LogP contribution < -0.4 is 10.6 Å². The lowest BCUT2D eigenvalue weighted by Crippen LogP contribution is -2.27. The second-order valence-corrected chi connectivity index (χ2v) is 3.20. The summed E-state index contributed by atoms with van der Waals surface area (Å²) in [5.41, 5.74) is 6.17. The molecule has 0 fully saturated rings. The maximum Gasteiger partial charge on any atom is 0.157 e. The topological polar surface area (TPSA) is 55.0 Å². The third kappa shape index (κ3) is 2.17. The molecule has 1 aromatic rings. The molecule has 14 heavy (non-hydrogen) atoms. The average Bonchev–Trinajstić information content (AvgIpc) is 2.20. The van der Waals surface area contributed by atoms with E-state index in [1.54, 1.807) is 12.4 Å². The van der Waals surface area contributed by atoms with E-state index in [4.69, 9.17) is 18.0 Å². The molecule has 0 saturated heterocycles. The molecular weight excluding hydrogens is 196 g/mol.